The van der Waals surface area contributed by atoms with Gasteiger partial charge in [0.2, 0.25) is 0 Å². The Hall–Kier alpha value is -2.35. The molecule has 1 aromatic carbocycles. The Morgan fingerprint density at radius 2 is 1.74 bits per heavy atom. The first kappa shape index (κ1) is 16.8. The molecule has 2 saturated carbocycles. The van der Waals surface area contributed by atoms with E-state index in [-0.39, 0.29) is 24.3 Å². The number of halogens is 1. The lowest BCUT2D eigenvalue weighted by Gasteiger charge is -2.37. The number of rotatable bonds is 4. The minimum Gasteiger partial charge on any atom is -0.330 e. The number of aromatic nitrogens is 2. The summed E-state index contributed by atoms with van der Waals surface area (Å²) in [5.74, 6) is 0.436. The molecule has 3 fully saturated rings. The van der Waals surface area contributed by atoms with E-state index in [1.54, 1.807) is 21.9 Å². The van der Waals surface area contributed by atoms with Crippen molar-refractivity contribution in [3.05, 3.63) is 35.1 Å². The highest BCUT2D eigenvalue weighted by Crippen LogP contribution is 2.53. The van der Waals surface area contributed by atoms with Gasteiger partial charge in [-0.2, -0.15) is 0 Å². The van der Waals surface area contributed by atoms with Crippen LogP contribution in [-0.2, 0) is 16.1 Å². The third-order valence-corrected chi connectivity index (χ3v) is 6.84. The zero-order valence-electron chi connectivity index (χ0n) is 14.7. The van der Waals surface area contributed by atoms with Gasteiger partial charge in [0.25, 0.3) is 0 Å². The molecule has 0 spiro atoms. The van der Waals surface area contributed by atoms with Crippen molar-refractivity contribution in [1.82, 2.24) is 20.0 Å². The van der Waals surface area contributed by atoms with Crippen molar-refractivity contribution in [2.45, 2.75) is 31.8 Å². The summed E-state index contributed by atoms with van der Waals surface area (Å²) in [7, 11) is 0. The van der Waals surface area contributed by atoms with E-state index in [0.29, 0.717) is 23.1 Å². The van der Waals surface area contributed by atoms with Crippen LogP contribution in [0.15, 0.2) is 24.3 Å². The van der Waals surface area contributed by atoms with Gasteiger partial charge in [-0.3, -0.25) is 9.59 Å². The highest BCUT2D eigenvalue weighted by molar-refractivity contribution is 7.14. The fourth-order valence-corrected chi connectivity index (χ4v) is 5.18. The highest BCUT2D eigenvalue weighted by atomic mass is 32.1. The number of benzene rings is 1. The number of fused-ring (bicyclic) bond motifs is 1. The van der Waals surface area contributed by atoms with E-state index in [0.717, 1.165) is 30.2 Å². The molecular formula is C19H19FN4O2S. The van der Waals surface area contributed by atoms with Gasteiger partial charge < -0.3 is 9.80 Å². The van der Waals surface area contributed by atoms with E-state index in [4.69, 9.17) is 0 Å². The lowest BCUT2D eigenvalue weighted by molar-refractivity contribution is -0.158. The third-order valence-electron chi connectivity index (χ3n) is 5.89. The van der Waals surface area contributed by atoms with Crippen LogP contribution in [-0.4, -0.2) is 50.9 Å². The van der Waals surface area contributed by atoms with Gasteiger partial charge >= 0.3 is 11.8 Å². The topological polar surface area (TPSA) is 66.4 Å². The summed E-state index contributed by atoms with van der Waals surface area (Å²) in [4.78, 5) is 28.5. The lowest BCUT2D eigenvalue weighted by atomic mass is 10.1. The second-order valence-corrected chi connectivity index (χ2v) is 8.68. The molecule has 2 atom stereocenters. The Labute approximate surface area is 160 Å². The summed E-state index contributed by atoms with van der Waals surface area (Å²) >= 11 is 1.36. The van der Waals surface area contributed by atoms with Crippen LogP contribution < -0.4 is 0 Å². The van der Waals surface area contributed by atoms with Gasteiger partial charge in [0, 0.05) is 24.7 Å². The normalized spacial score (nSPS) is 27.2. The van der Waals surface area contributed by atoms with Gasteiger partial charge in [-0.25, -0.2) is 4.39 Å². The molecule has 8 heteroatoms. The summed E-state index contributed by atoms with van der Waals surface area (Å²) in [6, 6.07) is 6.31. The van der Waals surface area contributed by atoms with E-state index >= 15 is 0 Å². The first-order valence-electron chi connectivity index (χ1n) is 9.26. The SMILES string of the molecule is O=C1C(=O)N(C2CC3CC3C2)CCN1Cc1nnc(-c2ccc(F)cc2)s1. The molecule has 2 unspecified atom stereocenters. The lowest BCUT2D eigenvalue weighted by Crippen LogP contribution is -2.56. The van der Waals surface area contributed by atoms with E-state index in [2.05, 4.69) is 10.2 Å². The highest BCUT2D eigenvalue weighted by Gasteiger charge is 2.50. The molecule has 140 valence electrons. The average molecular weight is 386 g/mol. The molecule has 2 heterocycles. The van der Waals surface area contributed by atoms with Crippen LogP contribution in [0.2, 0.25) is 0 Å². The predicted octanol–water partition coefficient (Wildman–Crippen LogP) is 2.31. The number of carbonyl (C=O) groups excluding carboxylic acids is 2. The molecule has 3 aliphatic rings. The fraction of sp³-hybridized carbons (Fsp3) is 0.474. The number of hydrogen-bond acceptors (Lipinski definition) is 5. The summed E-state index contributed by atoms with van der Waals surface area (Å²) in [6.07, 6.45) is 3.41. The van der Waals surface area contributed by atoms with Gasteiger partial charge in [0.05, 0.1) is 6.54 Å². The zero-order valence-corrected chi connectivity index (χ0v) is 15.5. The van der Waals surface area contributed by atoms with Gasteiger partial charge in [0.1, 0.15) is 15.8 Å². The van der Waals surface area contributed by atoms with Crippen LogP contribution in [0.1, 0.15) is 24.3 Å². The Kier molecular flexibility index (Phi) is 3.96. The molecule has 0 bridgehead atoms. The average Bonchev–Trinajstić information content (AvgIpc) is 3.05. The Morgan fingerprint density at radius 1 is 1.00 bits per heavy atom. The molecule has 0 radical (unpaired) electrons. The summed E-state index contributed by atoms with van der Waals surface area (Å²) < 4.78 is 13.1. The molecule has 6 nitrogen and oxygen atoms in total. The molecule has 1 aliphatic heterocycles. The number of carbonyl (C=O) groups is 2. The maximum absolute atomic E-state index is 13.1. The maximum atomic E-state index is 13.1. The van der Waals surface area contributed by atoms with Crippen LogP contribution in [0.4, 0.5) is 4.39 Å². The molecular weight excluding hydrogens is 367 g/mol. The Bertz CT molecular complexity index is 889. The largest absolute Gasteiger partial charge is 0.330 e. The molecule has 5 rings (SSSR count). The van der Waals surface area contributed by atoms with E-state index < -0.39 is 5.91 Å². The zero-order chi connectivity index (χ0) is 18.5. The fourth-order valence-electron chi connectivity index (χ4n) is 4.32. The molecule has 0 N–H and O–H groups in total. The Balaban J connectivity index is 1.24. The van der Waals surface area contributed by atoms with Gasteiger partial charge in [-0.1, -0.05) is 11.3 Å². The second-order valence-electron chi connectivity index (χ2n) is 7.61. The maximum Gasteiger partial charge on any atom is 0.312 e. The third kappa shape index (κ3) is 3.12. The van der Waals surface area contributed by atoms with E-state index in [1.807, 2.05) is 0 Å². The second kappa shape index (κ2) is 6.37. The van der Waals surface area contributed by atoms with Crippen molar-refractivity contribution >= 4 is 23.2 Å². The molecule has 2 amide bonds. The van der Waals surface area contributed by atoms with Crippen LogP contribution in [0.3, 0.4) is 0 Å². The van der Waals surface area contributed by atoms with Crippen molar-refractivity contribution in [3.63, 3.8) is 0 Å². The molecule has 2 aromatic rings. The Morgan fingerprint density at radius 3 is 2.48 bits per heavy atom. The van der Waals surface area contributed by atoms with E-state index in [9.17, 15) is 14.0 Å². The van der Waals surface area contributed by atoms with Crippen LogP contribution in [0.5, 0.6) is 0 Å². The number of hydrogen-bond donors (Lipinski definition) is 0. The number of nitrogens with zero attached hydrogens (tertiary/aromatic N) is 4. The van der Waals surface area contributed by atoms with Crippen molar-refractivity contribution in [1.29, 1.82) is 0 Å². The molecule has 27 heavy (non-hydrogen) atoms. The molecule has 1 saturated heterocycles. The van der Waals surface area contributed by atoms with E-state index in [1.165, 1.54) is 29.9 Å². The smallest absolute Gasteiger partial charge is 0.312 e. The summed E-state index contributed by atoms with van der Waals surface area (Å²) in [6.45, 7) is 1.41. The monoisotopic (exact) mass is 386 g/mol. The quantitative estimate of drug-likeness (QED) is 0.757. The number of piperazine rings is 1. The minimum absolute atomic E-state index is 0.249. The minimum atomic E-state index is -0.444. The molecule has 2 aliphatic carbocycles. The number of amides is 2. The summed E-state index contributed by atoms with van der Waals surface area (Å²) in [5.41, 5.74) is 0.784. The summed E-state index contributed by atoms with van der Waals surface area (Å²) in [5, 5.41) is 9.61. The van der Waals surface area contributed by atoms with Crippen molar-refractivity contribution in [2.75, 3.05) is 13.1 Å². The van der Waals surface area contributed by atoms with Crippen molar-refractivity contribution < 1.29 is 14.0 Å². The first-order valence-corrected chi connectivity index (χ1v) is 10.1. The van der Waals surface area contributed by atoms with Crippen LogP contribution in [0, 0.1) is 17.7 Å². The van der Waals surface area contributed by atoms with Gasteiger partial charge in [0.15, 0.2) is 0 Å². The van der Waals surface area contributed by atoms with Gasteiger partial charge in [-0.05, 0) is 55.4 Å². The first-order chi connectivity index (χ1) is 13.1. The van der Waals surface area contributed by atoms with Crippen LogP contribution >= 0.6 is 11.3 Å². The van der Waals surface area contributed by atoms with Crippen molar-refractivity contribution in [2.24, 2.45) is 11.8 Å². The van der Waals surface area contributed by atoms with Crippen LogP contribution in [0.25, 0.3) is 10.6 Å². The van der Waals surface area contributed by atoms with Gasteiger partial charge in [-0.15, -0.1) is 10.2 Å². The predicted molar refractivity (Wildman–Crippen MR) is 97.1 cm³/mol. The standard InChI is InChI=1S/C19H19FN4O2S/c20-14-3-1-11(2-4-14)17-22-21-16(27-17)10-23-5-6-24(19(26)18(23)25)15-8-12-7-13(12)9-15/h1-4,12-13,15H,5-10H2. The molecule has 1 aromatic heterocycles. The van der Waals surface area contributed by atoms with Crippen molar-refractivity contribution in [3.8, 4) is 10.6 Å².